The minimum absolute atomic E-state index is 0.0179. The Labute approximate surface area is 118 Å². The van der Waals surface area contributed by atoms with Crippen LogP contribution in [-0.4, -0.2) is 16.2 Å². The van der Waals surface area contributed by atoms with Gasteiger partial charge in [-0.1, -0.05) is 44.2 Å². The molecule has 2 aromatic carbocycles. The Morgan fingerprint density at radius 2 is 1.80 bits per heavy atom. The van der Waals surface area contributed by atoms with Crippen LogP contribution in [0.5, 0.6) is 5.75 Å². The predicted octanol–water partition coefficient (Wildman–Crippen LogP) is 3.80. The number of aryl methyl sites for hydroxylation is 1. The lowest BCUT2D eigenvalue weighted by Gasteiger charge is -2.16. The Balaban J connectivity index is 2.36. The number of para-hydroxylation sites is 1. The number of benzene rings is 2. The topological polar surface area (TPSA) is 57.5 Å². The highest BCUT2D eigenvalue weighted by Gasteiger charge is 2.15. The number of hydrogen-bond donors (Lipinski definition) is 2. The highest BCUT2D eigenvalue weighted by Crippen LogP contribution is 2.33. The fourth-order valence-corrected chi connectivity index (χ4v) is 2.34. The zero-order valence-corrected chi connectivity index (χ0v) is 11.6. The zero-order chi connectivity index (χ0) is 14.7. The van der Waals surface area contributed by atoms with Gasteiger partial charge in [0.2, 0.25) is 0 Å². The number of aromatic carboxylic acids is 1. The van der Waals surface area contributed by atoms with Gasteiger partial charge in [0.25, 0.3) is 0 Å². The minimum Gasteiger partial charge on any atom is -0.507 e. The average Bonchev–Trinajstić information content (AvgIpc) is 2.47. The van der Waals surface area contributed by atoms with Crippen molar-refractivity contribution >= 4 is 5.97 Å². The smallest absolute Gasteiger partial charge is 0.335 e. The molecule has 0 aliphatic rings. The molecule has 0 saturated heterocycles. The third-order valence-corrected chi connectivity index (χ3v) is 3.66. The molecule has 1 atom stereocenters. The lowest BCUT2D eigenvalue weighted by molar-refractivity contribution is 0.0697. The number of aromatic hydroxyl groups is 1. The van der Waals surface area contributed by atoms with Crippen LogP contribution in [0.2, 0.25) is 0 Å². The van der Waals surface area contributed by atoms with E-state index in [1.165, 1.54) is 0 Å². The van der Waals surface area contributed by atoms with Gasteiger partial charge in [0.1, 0.15) is 5.75 Å². The summed E-state index contributed by atoms with van der Waals surface area (Å²) in [6.07, 6.45) is 0.782. The Hall–Kier alpha value is -2.29. The maximum Gasteiger partial charge on any atom is 0.335 e. The van der Waals surface area contributed by atoms with E-state index >= 15 is 0 Å². The maximum atomic E-state index is 10.8. The summed E-state index contributed by atoms with van der Waals surface area (Å²) in [4.78, 5) is 10.8. The Morgan fingerprint density at radius 1 is 1.15 bits per heavy atom. The first kappa shape index (κ1) is 14.1. The third-order valence-electron chi connectivity index (χ3n) is 3.66. The molecule has 0 amide bonds. The normalized spacial score (nSPS) is 12.1. The van der Waals surface area contributed by atoms with Crippen molar-refractivity contribution in [1.29, 1.82) is 0 Å². The lowest BCUT2D eigenvalue weighted by atomic mass is 9.90. The molecule has 0 radical (unpaired) electrons. The first-order valence-electron chi connectivity index (χ1n) is 6.68. The van der Waals surface area contributed by atoms with Crippen molar-refractivity contribution in [3.05, 3.63) is 64.7 Å². The van der Waals surface area contributed by atoms with Gasteiger partial charge in [-0.15, -0.1) is 0 Å². The van der Waals surface area contributed by atoms with Crippen molar-refractivity contribution in [3.63, 3.8) is 0 Å². The Kier molecular flexibility index (Phi) is 4.08. The van der Waals surface area contributed by atoms with Crippen LogP contribution in [0.4, 0.5) is 0 Å². The van der Waals surface area contributed by atoms with Crippen LogP contribution in [-0.2, 0) is 6.42 Å². The predicted molar refractivity (Wildman–Crippen MR) is 78.4 cm³/mol. The maximum absolute atomic E-state index is 10.8. The average molecular weight is 270 g/mol. The van der Waals surface area contributed by atoms with E-state index in [0.29, 0.717) is 5.75 Å². The number of rotatable bonds is 4. The van der Waals surface area contributed by atoms with E-state index in [4.69, 9.17) is 5.11 Å². The van der Waals surface area contributed by atoms with Gasteiger partial charge in [-0.25, -0.2) is 4.79 Å². The van der Waals surface area contributed by atoms with Crippen LogP contribution in [0.3, 0.4) is 0 Å². The molecule has 0 spiro atoms. The van der Waals surface area contributed by atoms with Gasteiger partial charge in [0.05, 0.1) is 5.56 Å². The van der Waals surface area contributed by atoms with Crippen LogP contribution < -0.4 is 0 Å². The van der Waals surface area contributed by atoms with Gasteiger partial charge in [-0.2, -0.15) is 0 Å². The molecule has 3 heteroatoms. The van der Waals surface area contributed by atoms with Gasteiger partial charge in [0, 0.05) is 11.5 Å². The number of phenols is 1. The van der Waals surface area contributed by atoms with E-state index in [-0.39, 0.29) is 11.5 Å². The quantitative estimate of drug-likeness (QED) is 0.888. The molecule has 0 bridgehead atoms. The first-order chi connectivity index (χ1) is 9.54. The van der Waals surface area contributed by atoms with Crippen molar-refractivity contribution in [1.82, 2.24) is 0 Å². The summed E-state index contributed by atoms with van der Waals surface area (Å²) >= 11 is 0. The largest absolute Gasteiger partial charge is 0.507 e. The van der Waals surface area contributed by atoms with E-state index in [9.17, 15) is 9.90 Å². The van der Waals surface area contributed by atoms with E-state index in [1.54, 1.807) is 24.3 Å². The van der Waals surface area contributed by atoms with Crippen molar-refractivity contribution in [2.24, 2.45) is 0 Å². The van der Waals surface area contributed by atoms with Crippen molar-refractivity contribution < 1.29 is 15.0 Å². The molecule has 0 aliphatic heterocycles. The van der Waals surface area contributed by atoms with Crippen molar-refractivity contribution in [3.8, 4) is 5.75 Å². The summed E-state index contributed by atoms with van der Waals surface area (Å²) in [5.74, 6) is -0.575. The van der Waals surface area contributed by atoms with Crippen LogP contribution >= 0.6 is 0 Å². The number of phenolic OH excluding ortho intramolecular Hbond substituents is 1. The molecule has 0 heterocycles. The number of carboxylic acids is 1. The molecule has 1 unspecified atom stereocenters. The summed E-state index contributed by atoms with van der Waals surface area (Å²) in [5, 5.41) is 19.2. The van der Waals surface area contributed by atoms with Crippen LogP contribution in [0.15, 0.2) is 42.5 Å². The molecule has 0 aromatic heterocycles. The van der Waals surface area contributed by atoms with E-state index in [1.807, 2.05) is 32.0 Å². The Morgan fingerprint density at radius 3 is 2.35 bits per heavy atom. The fraction of sp³-hybridized carbons (Fsp3) is 0.235. The number of hydrogen-bond acceptors (Lipinski definition) is 2. The summed E-state index contributed by atoms with van der Waals surface area (Å²) in [6.45, 7) is 4.01. The van der Waals surface area contributed by atoms with Gasteiger partial charge in [-0.05, 0) is 29.7 Å². The molecular weight excluding hydrogens is 252 g/mol. The molecule has 2 rings (SSSR count). The van der Waals surface area contributed by atoms with E-state index < -0.39 is 5.97 Å². The Bertz CT molecular complexity index is 615. The van der Waals surface area contributed by atoms with Crippen LogP contribution in [0.25, 0.3) is 0 Å². The summed E-state index contributed by atoms with van der Waals surface area (Å²) in [5.41, 5.74) is 3.05. The molecule has 20 heavy (non-hydrogen) atoms. The number of carboxylic acid groups (broad SMARTS) is 1. The summed E-state index contributed by atoms with van der Waals surface area (Å²) < 4.78 is 0. The molecule has 0 aliphatic carbocycles. The highest BCUT2D eigenvalue weighted by molar-refractivity contribution is 5.87. The second-order valence-electron chi connectivity index (χ2n) is 4.86. The van der Waals surface area contributed by atoms with E-state index in [2.05, 4.69) is 0 Å². The second-order valence-corrected chi connectivity index (χ2v) is 4.86. The zero-order valence-electron chi connectivity index (χ0n) is 11.6. The minimum atomic E-state index is -0.931. The SMILES string of the molecule is CCc1cccc(C(C)c2ccc(C(=O)O)cc2)c1O. The van der Waals surface area contributed by atoms with Gasteiger partial charge in [-0.3, -0.25) is 0 Å². The van der Waals surface area contributed by atoms with Crippen LogP contribution in [0.1, 0.15) is 46.8 Å². The molecular formula is C17H18O3. The highest BCUT2D eigenvalue weighted by atomic mass is 16.4. The van der Waals surface area contributed by atoms with Crippen LogP contribution in [0, 0.1) is 0 Å². The van der Waals surface area contributed by atoms with Crippen molar-refractivity contribution in [2.75, 3.05) is 0 Å². The van der Waals surface area contributed by atoms with Crippen molar-refractivity contribution in [2.45, 2.75) is 26.2 Å². The standard InChI is InChI=1S/C17H18O3/c1-3-12-5-4-6-15(16(12)18)11(2)13-7-9-14(10-8-13)17(19)20/h4-11,18H,3H2,1-2H3,(H,19,20). The van der Waals surface area contributed by atoms with E-state index in [0.717, 1.165) is 23.1 Å². The monoisotopic (exact) mass is 270 g/mol. The molecule has 0 fully saturated rings. The number of carbonyl (C=O) groups is 1. The van der Waals surface area contributed by atoms with Gasteiger partial charge < -0.3 is 10.2 Å². The summed E-state index contributed by atoms with van der Waals surface area (Å²) in [6, 6.07) is 12.5. The summed E-state index contributed by atoms with van der Waals surface area (Å²) in [7, 11) is 0. The van der Waals surface area contributed by atoms with Gasteiger partial charge >= 0.3 is 5.97 Å². The molecule has 104 valence electrons. The second kappa shape index (κ2) is 5.78. The molecule has 0 saturated carbocycles. The lowest BCUT2D eigenvalue weighted by Crippen LogP contribution is -2.00. The molecule has 3 nitrogen and oxygen atoms in total. The fourth-order valence-electron chi connectivity index (χ4n) is 2.34. The molecule has 2 N–H and O–H groups in total. The third kappa shape index (κ3) is 2.67. The first-order valence-corrected chi connectivity index (χ1v) is 6.68. The van der Waals surface area contributed by atoms with Gasteiger partial charge in [0.15, 0.2) is 0 Å². The molecule has 2 aromatic rings.